The molecule has 2 aromatic rings. The molecule has 0 aliphatic heterocycles. The van der Waals surface area contributed by atoms with Gasteiger partial charge >= 0.3 is 0 Å². The summed E-state index contributed by atoms with van der Waals surface area (Å²) in [6.07, 6.45) is 6.27. The smallest absolute Gasteiger partial charge is 0.216 e. The first kappa shape index (κ1) is 17.0. The van der Waals surface area contributed by atoms with E-state index in [1.165, 1.54) is 39.0 Å². The molecule has 0 unspecified atom stereocenters. The Morgan fingerprint density at radius 3 is 2.71 bits per heavy atom. The Hall–Kier alpha value is -1.82. The van der Waals surface area contributed by atoms with Crippen LogP contribution in [0.3, 0.4) is 0 Å². The molecule has 24 heavy (non-hydrogen) atoms. The lowest BCUT2D eigenvalue weighted by Gasteiger charge is -2.21. The highest BCUT2D eigenvalue weighted by Gasteiger charge is 2.23. The summed E-state index contributed by atoms with van der Waals surface area (Å²) >= 11 is 1.60. The number of amides is 1. The number of para-hydroxylation sites is 1. The van der Waals surface area contributed by atoms with Crippen LogP contribution in [0, 0.1) is 0 Å². The first-order chi connectivity index (χ1) is 11.7. The van der Waals surface area contributed by atoms with Gasteiger partial charge in [-0.2, -0.15) is 0 Å². The number of aromatic nitrogens is 3. The van der Waals surface area contributed by atoms with E-state index in [0.29, 0.717) is 12.5 Å². The van der Waals surface area contributed by atoms with Gasteiger partial charge in [-0.1, -0.05) is 49.2 Å². The third-order valence-corrected chi connectivity index (χ3v) is 5.13. The summed E-state index contributed by atoms with van der Waals surface area (Å²) in [6.45, 7) is 2.17. The molecule has 1 aliphatic carbocycles. The molecule has 0 saturated heterocycles. The quantitative estimate of drug-likeness (QED) is 0.643. The number of hydrogen-bond acceptors (Lipinski definition) is 4. The van der Waals surface area contributed by atoms with E-state index in [-0.39, 0.29) is 5.91 Å². The molecule has 1 aliphatic rings. The number of carbonyl (C=O) groups is 1. The van der Waals surface area contributed by atoms with Gasteiger partial charge in [0, 0.05) is 25.1 Å². The molecule has 1 fully saturated rings. The van der Waals surface area contributed by atoms with Crippen molar-refractivity contribution in [3.8, 4) is 5.69 Å². The average Bonchev–Trinajstić information content (AvgIpc) is 3.04. The van der Waals surface area contributed by atoms with Crippen molar-refractivity contribution >= 4 is 17.7 Å². The highest BCUT2D eigenvalue weighted by molar-refractivity contribution is 7.99. The van der Waals surface area contributed by atoms with Gasteiger partial charge in [-0.05, 0) is 25.0 Å². The van der Waals surface area contributed by atoms with Gasteiger partial charge < -0.3 is 5.32 Å². The molecule has 1 N–H and O–H groups in total. The van der Waals surface area contributed by atoms with Crippen molar-refractivity contribution in [2.24, 2.45) is 0 Å². The molecule has 1 aromatic heterocycles. The summed E-state index contributed by atoms with van der Waals surface area (Å²) in [7, 11) is 0. The van der Waals surface area contributed by atoms with Gasteiger partial charge in [0.05, 0.1) is 5.69 Å². The summed E-state index contributed by atoms with van der Waals surface area (Å²) in [4.78, 5) is 15.8. The summed E-state index contributed by atoms with van der Waals surface area (Å²) < 4.78 is 2.01. The Morgan fingerprint density at radius 2 is 2.00 bits per heavy atom. The minimum Gasteiger partial charge on any atom is -0.356 e. The molecule has 0 spiro atoms. The van der Waals surface area contributed by atoms with Gasteiger partial charge in [0.15, 0.2) is 0 Å². The number of rotatable bonds is 6. The zero-order valence-corrected chi connectivity index (χ0v) is 14.9. The van der Waals surface area contributed by atoms with E-state index in [1.807, 2.05) is 22.9 Å². The first-order valence-electron chi connectivity index (χ1n) is 8.63. The van der Waals surface area contributed by atoms with Crippen LogP contribution < -0.4 is 5.32 Å². The number of thioether (sulfide) groups is 1. The molecule has 1 aromatic carbocycles. The van der Waals surface area contributed by atoms with Gasteiger partial charge in [0.1, 0.15) is 5.82 Å². The van der Waals surface area contributed by atoms with Crippen LogP contribution >= 0.6 is 11.8 Å². The van der Waals surface area contributed by atoms with Crippen molar-refractivity contribution in [2.75, 3.05) is 12.3 Å². The van der Waals surface area contributed by atoms with Crippen LogP contribution in [0.15, 0.2) is 35.5 Å². The lowest BCUT2D eigenvalue weighted by Crippen LogP contribution is -2.22. The minimum atomic E-state index is 0.00117. The maximum atomic E-state index is 10.9. The molecule has 6 heteroatoms. The van der Waals surface area contributed by atoms with Crippen molar-refractivity contribution in [3.05, 3.63) is 36.2 Å². The van der Waals surface area contributed by atoms with Gasteiger partial charge in [-0.25, -0.2) is 9.67 Å². The number of nitrogens with zero attached hydrogens (tertiary/aromatic N) is 3. The standard InChI is InChI=1S/C18H24N4OS/c1-14(23)19-12-13-24-18-20-17(15-8-4-2-5-9-15)22(21-18)16-10-6-3-7-11-16/h3,6-7,10-11,15H,2,4-5,8-9,12-13H2,1H3,(H,19,23). The lowest BCUT2D eigenvalue weighted by molar-refractivity contribution is -0.118. The first-order valence-corrected chi connectivity index (χ1v) is 9.62. The van der Waals surface area contributed by atoms with Crippen molar-refractivity contribution < 1.29 is 4.79 Å². The normalized spacial score (nSPS) is 15.4. The largest absolute Gasteiger partial charge is 0.356 e. The van der Waals surface area contributed by atoms with E-state index in [2.05, 4.69) is 17.4 Å². The Bertz CT molecular complexity index is 665. The molecular formula is C18H24N4OS. The van der Waals surface area contributed by atoms with E-state index in [0.717, 1.165) is 22.4 Å². The van der Waals surface area contributed by atoms with Crippen LogP contribution in [0.5, 0.6) is 0 Å². The third kappa shape index (κ3) is 4.38. The second-order valence-electron chi connectivity index (χ2n) is 6.17. The van der Waals surface area contributed by atoms with Crippen molar-refractivity contribution in [2.45, 2.75) is 50.1 Å². The predicted octanol–water partition coefficient (Wildman–Crippen LogP) is 3.54. The van der Waals surface area contributed by atoms with Crippen molar-refractivity contribution in [1.82, 2.24) is 20.1 Å². The van der Waals surface area contributed by atoms with Crippen LogP contribution in [0.2, 0.25) is 0 Å². The maximum Gasteiger partial charge on any atom is 0.216 e. The van der Waals surface area contributed by atoms with Crippen molar-refractivity contribution in [3.63, 3.8) is 0 Å². The minimum absolute atomic E-state index is 0.00117. The van der Waals surface area contributed by atoms with E-state index in [1.54, 1.807) is 11.8 Å². The Balaban J connectivity index is 1.78. The van der Waals surface area contributed by atoms with Crippen molar-refractivity contribution in [1.29, 1.82) is 0 Å². The molecular weight excluding hydrogens is 320 g/mol. The van der Waals surface area contributed by atoms with Gasteiger partial charge in [0.2, 0.25) is 11.1 Å². The fourth-order valence-corrected chi connectivity index (χ4v) is 3.80. The Labute approximate surface area is 147 Å². The molecule has 1 amide bonds. The summed E-state index contributed by atoms with van der Waals surface area (Å²) in [6, 6.07) is 10.2. The SMILES string of the molecule is CC(=O)NCCSc1nc(C2CCCCC2)n(-c2ccccc2)n1. The van der Waals surface area contributed by atoms with Gasteiger partial charge in [-0.3, -0.25) is 4.79 Å². The predicted molar refractivity (Wildman–Crippen MR) is 96.6 cm³/mol. The summed E-state index contributed by atoms with van der Waals surface area (Å²) in [5, 5.41) is 8.33. The molecule has 0 atom stereocenters. The van der Waals surface area contributed by atoms with Crippen LogP contribution in [-0.4, -0.2) is 33.0 Å². The molecule has 5 nitrogen and oxygen atoms in total. The lowest BCUT2D eigenvalue weighted by atomic mass is 9.88. The third-order valence-electron chi connectivity index (χ3n) is 4.29. The van der Waals surface area contributed by atoms with E-state index in [4.69, 9.17) is 10.1 Å². The molecule has 3 rings (SSSR count). The zero-order valence-electron chi connectivity index (χ0n) is 14.1. The topological polar surface area (TPSA) is 59.8 Å². The van der Waals surface area contributed by atoms with Crippen LogP contribution in [-0.2, 0) is 4.79 Å². The van der Waals surface area contributed by atoms with E-state index < -0.39 is 0 Å². The fourth-order valence-electron chi connectivity index (χ4n) is 3.12. The monoisotopic (exact) mass is 344 g/mol. The average molecular weight is 344 g/mol. The molecule has 1 heterocycles. The maximum absolute atomic E-state index is 10.9. The molecule has 1 saturated carbocycles. The van der Waals surface area contributed by atoms with E-state index >= 15 is 0 Å². The second-order valence-corrected chi connectivity index (χ2v) is 7.23. The van der Waals surface area contributed by atoms with Crippen LogP contribution in [0.25, 0.3) is 5.69 Å². The fraction of sp³-hybridized carbons (Fsp3) is 0.500. The summed E-state index contributed by atoms with van der Waals surface area (Å²) in [5.74, 6) is 2.36. The molecule has 0 radical (unpaired) electrons. The summed E-state index contributed by atoms with van der Waals surface area (Å²) in [5.41, 5.74) is 1.07. The zero-order chi connectivity index (χ0) is 16.8. The van der Waals surface area contributed by atoms with Crippen LogP contribution in [0.1, 0.15) is 50.8 Å². The number of nitrogens with one attached hydrogen (secondary N) is 1. The second kappa shape index (κ2) is 8.33. The number of hydrogen-bond donors (Lipinski definition) is 1. The highest BCUT2D eigenvalue weighted by Crippen LogP contribution is 2.33. The number of benzene rings is 1. The van der Waals surface area contributed by atoms with E-state index in [9.17, 15) is 4.79 Å². The van der Waals surface area contributed by atoms with Crippen LogP contribution in [0.4, 0.5) is 0 Å². The molecule has 0 bridgehead atoms. The number of carbonyl (C=O) groups excluding carboxylic acids is 1. The Kier molecular flexibility index (Phi) is 5.91. The Morgan fingerprint density at radius 1 is 1.25 bits per heavy atom. The van der Waals surface area contributed by atoms with Gasteiger partial charge in [0.25, 0.3) is 0 Å². The molecule has 128 valence electrons. The van der Waals surface area contributed by atoms with Gasteiger partial charge in [-0.15, -0.1) is 5.10 Å². The highest BCUT2D eigenvalue weighted by atomic mass is 32.2.